The molecule has 0 aliphatic carbocycles. The molecular formula is C21H17N9S. The van der Waals surface area contributed by atoms with E-state index >= 15 is 0 Å². The number of rotatable bonds is 5. The molecule has 10 heteroatoms. The SMILES string of the molecule is Cc1ncc(/N=N/c2c(N=Nc3nc4ccccc4s3)c(C)nn2-c2ccccc2)[nH]1. The number of thiazole rings is 1. The van der Waals surface area contributed by atoms with Crippen LogP contribution in [0.25, 0.3) is 15.9 Å². The summed E-state index contributed by atoms with van der Waals surface area (Å²) < 4.78 is 2.76. The number of azo groups is 2. The summed E-state index contributed by atoms with van der Waals surface area (Å²) in [4.78, 5) is 11.7. The average molecular weight is 427 g/mol. The van der Waals surface area contributed by atoms with E-state index in [1.54, 1.807) is 10.9 Å². The van der Waals surface area contributed by atoms with Gasteiger partial charge in [-0.05, 0) is 38.1 Å². The number of imidazole rings is 1. The van der Waals surface area contributed by atoms with Crippen LogP contribution in [0.3, 0.4) is 0 Å². The Bertz CT molecular complexity index is 1380. The van der Waals surface area contributed by atoms with E-state index in [0.29, 0.717) is 28.1 Å². The molecule has 3 aromatic heterocycles. The molecule has 0 amide bonds. The van der Waals surface area contributed by atoms with E-state index in [0.717, 1.165) is 21.7 Å². The Hall–Kier alpha value is -4.05. The standard InChI is InChI=1S/C21H17N9S/c1-13-19(26-28-21-24-16-10-6-7-11-17(16)31-21)20(27-25-18-12-22-14(2)23-18)30(29-13)15-8-4-3-5-9-15/h3-12H,1-2H3,(H,22,23)/b27-25+,28-26?. The van der Waals surface area contributed by atoms with Crippen LogP contribution < -0.4 is 0 Å². The Kier molecular flexibility index (Phi) is 4.89. The first-order valence-electron chi connectivity index (χ1n) is 9.53. The predicted molar refractivity (Wildman–Crippen MR) is 120 cm³/mol. The molecule has 0 fully saturated rings. The molecule has 9 nitrogen and oxygen atoms in total. The number of aromatic amines is 1. The van der Waals surface area contributed by atoms with Gasteiger partial charge in [0.2, 0.25) is 10.9 Å². The first-order chi connectivity index (χ1) is 15.2. The van der Waals surface area contributed by atoms with E-state index in [1.165, 1.54) is 11.3 Å². The fourth-order valence-electron chi connectivity index (χ4n) is 3.02. The summed E-state index contributed by atoms with van der Waals surface area (Å²) in [6.45, 7) is 3.72. The summed E-state index contributed by atoms with van der Waals surface area (Å²) in [5, 5.41) is 22.7. The van der Waals surface area contributed by atoms with Gasteiger partial charge in [0.05, 0.1) is 27.8 Å². The monoisotopic (exact) mass is 427 g/mol. The van der Waals surface area contributed by atoms with Crippen LogP contribution in [-0.2, 0) is 0 Å². The molecule has 31 heavy (non-hydrogen) atoms. The lowest BCUT2D eigenvalue weighted by atomic mass is 10.3. The predicted octanol–water partition coefficient (Wildman–Crippen LogP) is 6.65. The quantitative estimate of drug-likeness (QED) is 0.317. The third-order valence-corrected chi connectivity index (χ3v) is 5.39. The van der Waals surface area contributed by atoms with Gasteiger partial charge in [-0.25, -0.2) is 14.6 Å². The number of nitrogens with one attached hydrogen (secondary N) is 1. The van der Waals surface area contributed by atoms with Crippen molar-refractivity contribution in [2.24, 2.45) is 20.5 Å². The van der Waals surface area contributed by atoms with Gasteiger partial charge in [0.1, 0.15) is 5.82 Å². The van der Waals surface area contributed by atoms with Crippen molar-refractivity contribution < 1.29 is 0 Å². The second-order valence-electron chi connectivity index (χ2n) is 6.72. The van der Waals surface area contributed by atoms with Crippen molar-refractivity contribution in [3.63, 3.8) is 0 Å². The van der Waals surface area contributed by atoms with Gasteiger partial charge >= 0.3 is 0 Å². The Morgan fingerprint density at radius 1 is 0.903 bits per heavy atom. The molecule has 0 saturated heterocycles. The zero-order chi connectivity index (χ0) is 21.2. The molecule has 0 unspecified atom stereocenters. The van der Waals surface area contributed by atoms with Gasteiger partial charge in [0.25, 0.3) is 0 Å². The van der Waals surface area contributed by atoms with Crippen molar-refractivity contribution in [2.45, 2.75) is 13.8 Å². The Labute approximate surface area is 181 Å². The molecule has 0 saturated carbocycles. The van der Waals surface area contributed by atoms with Crippen LogP contribution in [0.1, 0.15) is 11.5 Å². The minimum absolute atomic E-state index is 0.473. The third-order valence-electron chi connectivity index (χ3n) is 4.47. The van der Waals surface area contributed by atoms with Gasteiger partial charge in [-0.15, -0.1) is 20.5 Å². The van der Waals surface area contributed by atoms with E-state index < -0.39 is 0 Å². The second-order valence-corrected chi connectivity index (χ2v) is 7.73. The number of para-hydroxylation sites is 2. The number of nitrogens with zero attached hydrogens (tertiary/aromatic N) is 8. The molecule has 0 aliphatic heterocycles. The molecule has 0 aliphatic rings. The number of fused-ring (bicyclic) bond motifs is 1. The maximum atomic E-state index is 4.62. The summed E-state index contributed by atoms with van der Waals surface area (Å²) in [5.41, 5.74) is 2.96. The van der Waals surface area contributed by atoms with E-state index in [-0.39, 0.29) is 0 Å². The molecule has 152 valence electrons. The topological polar surface area (TPSA) is 109 Å². The smallest absolute Gasteiger partial charge is 0.231 e. The molecule has 5 aromatic rings. The van der Waals surface area contributed by atoms with E-state index in [4.69, 9.17) is 0 Å². The molecule has 0 radical (unpaired) electrons. The van der Waals surface area contributed by atoms with Gasteiger partial charge < -0.3 is 4.98 Å². The van der Waals surface area contributed by atoms with Crippen LogP contribution in [-0.4, -0.2) is 24.7 Å². The Balaban J connectivity index is 1.58. The number of H-pyrrole nitrogens is 1. The first-order valence-corrected chi connectivity index (χ1v) is 10.3. The van der Waals surface area contributed by atoms with Gasteiger partial charge in [0, 0.05) is 0 Å². The number of aromatic nitrogens is 5. The summed E-state index contributed by atoms with van der Waals surface area (Å²) in [6.07, 6.45) is 1.62. The molecular weight excluding hydrogens is 410 g/mol. The molecule has 5 rings (SSSR count). The van der Waals surface area contributed by atoms with Crippen molar-refractivity contribution in [2.75, 3.05) is 0 Å². The Morgan fingerprint density at radius 3 is 2.48 bits per heavy atom. The van der Waals surface area contributed by atoms with Crippen molar-refractivity contribution in [3.8, 4) is 5.69 Å². The number of benzene rings is 2. The van der Waals surface area contributed by atoms with Crippen LogP contribution >= 0.6 is 11.3 Å². The van der Waals surface area contributed by atoms with Gasteiger partial charge in [-0.2, -0.15) is 5.10 Å². The lowest BCUT2D eigenvalue weighted by Gasteiger charge is -2.02. The lowest BCUT2D eigenvalue weighted by Crippen LogP contribution is -1.95. The number of aryl methyl sites for hydroxylation is 2. The second kappa shape index (κ2) is 8.00. The zero-order valence-electron chi connectivity index (χ0n) is 16.8. The van der Waals surface area contributed by atoms with E-state index in [9.17, 15) is 0 Å². The summed E-state index contributed by atoms with van der Waals surface area (Å²) in [6, 6.07) is 17.6. The largest absolute Gasteiger partial charge is 0.326 e. The van der Waals surface area contributed by atoms with Crippen molar-refractivity contribution >= 4 is 44.0 Å². The molecule has 1 N–H and O–H groups in total. The van der Waals surface area contributed by atoms with Crippen LogP contribution in [0.4, 0.5) is 22.5 Å². The highest BCUT2D eigenvalue weighted by Gasteiger charge is 2.17. The Morgan fingerprint density at radius 2 is 1.71 bits per heavy atom. The third kappa shape index (κ3) is 3.88. The van der Waals surface area contributed by atoms with Crippen molar-refractivity contribution in [3.05, 3.63) is 72.3 Å². The maximum absolute atomic E-state index is 4.62. The van der Waals surface area contributed by atoms with Crippen LogP contribution in [0.15, 0.2) is 81.3 Å². The minimum Gasteiger partial charge on any atom is -0.326 e. The molecule has 0 atom stereocenters. The number of hydrogen-bond donors (Lipinski definition) is 1. The lowest BCUT2D eigenvalue weighted by molar-refractivity contribution is 0.854. The van der Waals surface area contributed by atoms with E-state index in [1.807, 2.05) is 68.4 Å². The average Bonchev–Trinajstić information content (AvgIpc) is 3.48. The van der Waals surface area contributed by atoms with Crippen molar-refractivity contribution in [1.82, 2.24) is 24.7 Å². The fourth-order valence-corrected chi connectivity index (χ4v) is 3.81. The highest BCUT2D eigenvalue weighted by molar-refractivity contribution is 7.21. The first kappa shape index (κ1) is 18.9. The summed E-state index contributed by atoms with van der Waals surface area (Å²) in [7, 11) is 0. The van der Waals surface area contributed by atoms with Gasteiger partial charge in [0.15, 0.2) is 11.5 Å². The molecule has 3 heterocycles. The molecule has 0 bridgehead atoms. The van der Waals surface area contributed by atoms with Crippen LogP contribution in [0.5, 0.6) is 0 Å². The maximum Gasteiger partial charge on any atom is 0.231 e. The highest BCUT2D eigenvalue weighted by atomic mass is 32.1. The van der Waals surface area contributed by atoms with Crippen LogP contribution in [0.2, 0.25) is 0 Å². The normalized spacial score (nSPS) is 11.9. The highest BCUT2D eigenvalue weighted by Crippen LogP contribution is 2.37. The number of hydrogen-bond acceptors (Lipinski definition) is 8. The van der Waals surface area contributed by atoms with Gasteiger partial charge in [-0.3, -0.25) is 0 Å². The molecule has 2 aromatic carbocycles. The zero-order valence-corrected chi connectivity index (χ0v) is 17.6. The summed E-state index contributed by atoms with van der Waals surface area (Å²) >= 11 is 1.48. The minimum atomic E-state index is 0.473. The van der Waals surface area contributed by atoms with Gasteiger partial charge in [-0.1, -0.05) is 41.7 Å². The van der Waals surface area contributed by atoms with Crippen LogP contribution in [0, 0.1) is 13.8 Å². The fraction of sp³-hybridized carbons (Fsp3) is 0.0952. The van der Waals surface area contributed by atoms with Crippen molar-refractivity contribution in [1.29, 1.82) is 0 Å². The van der Waals surface area contributed by atoms with E-state index in [2.05, 4.69) is 40.5 Å². The molecule has 0 spiro atoms. The summed E-state index contributed by atoms with van der Waals surface area (Å²) in [5.74, 6) is 1.78.